The molecule has 1 fully saturated rings. The SMILES string of the molecule is COc1ccc(Cl)cc1CNCC1(CO)CCC1. The Morgan fingerprint density at radius 1 is 1.44 bits per heavy atom. The standard InChI is InChI=1S/C14H20ClNO2/c1-18-13-4-3-12(15)7-11(13)8-16-9-14(10-17)5-2-6-14/h3-4,7,16-17H,2,5-6,8-10H2,1H3. The van der Waals surface area contributed by atoms with Gasteiger partial charge in [-0.3, -0.25) is 0 Å². The van der Waals surface area contributed by atoms with E-state index >= 15 is 0 Å². The van der Waals surface area contributed by atoms with Crippen LogP contribution in [0.15, 0.2) is 18.2 Å². The predicted molar refractivity (Wildman–Crippen MR) is 73.1 cm³/mol. The summed E-state index contributed by atoms with van der Waals surface area (Å²) in [6.07, 6.45) is 3.45. The molecule has 0 bridgehead atoms. The van der Waals surface area contributed by atoms with Crippen molar-refractivity contribution in [1.29, 1.82) is 0 Å². The molecule has 2 N–H and O–H groups in total. The number of benzene rings is 1. The van der Waals surface area contributed by atoms with Gasteiger partial charge in [-0.05, 0) is 31.0 Å². The highest BCUT2D eigenvalue weighted by molar-refractivity contribution is 6.30. The highest BCUT2D eigenvalue weighted by Gasteiger charge is 2.35. The van der Waals surface area contributed by atoms with Crippen LogP contribution in [-0.2, 0) is 6.54 Å². The summed E-state index contributed by atoms with van der Waals surface area (Å²) in [6, 6.07) is 5.62. The van der Waals surface area contributed by atoms with Gasteiger partial charge in [0.05, 0.1) is 7.11 Å². The van der Waals surface area contributed by atoms with Crippen molar-refractivity contribution in [3.63, 3.8) is 0 Å². The second-order valence-electron chi connectivity index (χ2n) is 5.07. The molecule has 3 nitrogen and oxygen atoms in total. The molecule has 100 valence electrons. The minimum atomic E-state index is 0.103. The van der Waals surface area contributed by atoms with Crippen molar-refractivity contribution in [2.45, 2.75) is 25.8 Å². The van der Waals surface area contributed by atoms with Crippen molar-refractivity contribution in [3.8, 4) is 5.75 Å². The number of aliphatic hydroxyl groups excluding tert-OH is 1. The Kier molecular flexibility index (Phi) is 4.49. The van der Waals surface area contributed by atoms with Crippen LogP contribution < -0.4 is 10.1 Å². The van der Waals surface area contributed by atoms with E-state index in [2.05, 4.69) is 5.32 Å². The topological polar surface area (TPSA) is 41.5 Å². The summed E-state index contributed by atoms with van der Waals surface area (Å²) in [5.74, 6) is 0.846. The van der Waals surface area contributed by atoms with Crippen LogP contribution in [0.3, 0.4) is 0 Å². The Balaban J connectivity index is 1.91. The van der Waals surface area contributed by atoms with Crippen molar-refractivity contribution in [1.82, 2.24) is 5.32 Å². The molecule has 0 saturated heterocycles. The Morgan fingerprint density at radius 2 is 2.22 bits per heavy atom. The molecule has 18 heavy (non-hydrogen) atoms. The summed E-state index contributed by atoms with van der Waals surface area (Å²) < 4.78 is 5.30. The van der Waals surface area contributed by atoms with Gasteiger partial charge in [0.1, 0.15) is 5.75 Å². The van der Waals surface area contributed by atoms with E-state index in [0.29, 0.717) is 11.6 Å². The number of hydrogen-bond donors (Lipinski definition) is 2. The van der Waals surface area contributed by atoms with E-state index < -0.39 is 0 Å². The number of halogens is 1. The van der Waals surface area contributed by atoms with Crippen molar-refractivity contribution in [2.75, 3.05) is 20.3 Å². The minimum absolute atomic E-state index is 0.103. The molecule has 0 amide bonds. The van der Waals surface area contributed by atoms with Gasteiger partial charge in [0.25, 0.3) is 0 Å². The summed E-state index contributed by atoms with van der Waals surface area (Å²) in [5.41, 5.74) is 1.16. The number of methoxy groups -OCH3 is 1. The van der Waals surface area contributed by atoms with E-state index in [9.17, 15) is 5.11 Å². The van der Waals surface area contributed by atoms with Crippen LogP contribution in [0, 0.1) is 5.41 Å². The molecule has 1 aliphatic carbocycles. The van der Waals surface area contributed by atoms with Crippen LogP contribution in [0.25, 0.3) is 0 Å². The maximum absolute atomic E-state index is 9.39. The summed E-state index contributed by atoms with van der Waals surface area (Å²) in [5, 5.41) is 13.5. The molecular weight excluding hydrogens is 250 g/mol. The molecule has 4 heteroatoms. The Hall–Kier alpha value is -0.770. The van der Waals surface area contributed by atoms with Gasteiger partial charge >= 0.3 is 0 Å². The van der Waals surface area contributed by atoms with Crippen LogP contribution in [0.1, 0.15) is 24.8 Å². The molecule has 0 aliphatic heterocycles. The first-order chi connectivity index (χ1) is 8.69. The third-order valence-corrected chi connectivity index (χ3v) is 4.04. The summed E-state index contributed by atoms with van der Waals surface area (Å²) in [6.45, 7) is 1.83. The highest BCUT2D eigenvalue weighted by atomic mass is 35.5. The maximum atomic E-state index is 9.39. The average molecular weight is 270 g/mol. The van der Waals surface area contributed by atoms with Gasteiger partial charge in [-0.1, -0.05) is 18.0 Å². The third-order valence-electron chi connectivity index (χ3n) is 3.81. The van der Waals surface area contributed by atoms with Crippen LogP contribution in [0.5, 0.6) is 5.75 Å². The molecule has 1 saturated carbocycles. The van der Waals surface area contributed by atoms with E-state index in [1.807, 2.05) is 18.2 Å². The molecule has 0 unspecified atom stereocenters. The number of hydrogen-bond acceptors (Lipinski definition) is 3. The molecular formula is C14H20ClNO2. The van der Waals surface area contributed by atoms with E-state index in [1.54, 1.807) is 7.11 Å². The lowest BCUT2D eigenvalue weighted by atomic mass is 9.69. The number of ether oxygens (including phenoxy) is 1. The van der Waals surface area contributed by atoms with Gasteiger partial charge in [0, 0.05) is 35.7 Å². The molecule has 2 rings (SSSR count). The lowest BCUT2D eigenvalue weighted by Crippen LogP contribution is -2.42. The van der Waals surface area contributed by atoms with Gasteiger partial charge < -0.3 is 15.2 Å². The molecule has 1 aliphatic rings. The van der Waals surface area contributed by atoms with Crippen molar-refractivity contribution in [3.05, 3.63) is 28.8 Å². The van der Waals surface area contributed by atoms with Crippen LogP contribution in [-0.4, -0.2) is 25.4 Å². The second-order valence-corrected chi connectivity index (χ2v) is 5.51. The average Bonchev–Trinajstić information content (AvgIpc) is 2.33. The first-order valence-electron chi connectivity index (χ1n) is 6.33. The van der Waals surface area contributed by atoms with Gasteiger partial charge in [0.2, 0.25) is 0 Å². The molecule has 0 radical (unpaired) electrons. The zero-order valence-corrected chi connectivity index (χ0v) is 11.5. The molecule has 0 heterocycles. The summed E-state index contributed by atoms with van der Waals surface area (Å²) >= 11 is 5.99. The lowest BCUT2D eigenvalue weighted by molar-refractivity contribution is 0.0444. The quantitative estimate of drug-likeness (QED) is 0.834. The molecule has 1 aromatic rings. The third kappa shape index (κ3) is 2.97. The van der Waals surface area contributed by atoms with E-state index in [-0.39, 0.29) is 12.0 Å². The van der Waals surface area contributed by atoms with Crippen molar-refractivity contribution < 1.29 is 9.84 Å². The van der Waals surface area contributed by atoms with Crippen LogP contribution in [0.4, 0.5) is 0 Å². The first-order valence-corrected chi connectivity index (χ1v) is 6.71. The largest absolute Gasteiger partial charge is 0.496 e. The van der Waals surface area contributed by atoms with Gasteiger partial charge in [-0.25, -0.2) is 0 Å². The fraction of sp³-hybridized carbons (Fsp3) is 0.571. The van der Waals surface area contributed by atoms with E-state index in [0.717, 1.165) is 30.7 Å². The van der Waals surface area contributed by atoms with Gasteiger partial charge in [-0.15, -0.1) is 0 Å². The van der Waals surface area contributed by atoms with Crippen molar-refractivity contribution >= 4 is 11.6 Å². The maximum Gasteiger partial charge on any atom is 0.123 e. The zero-order valence-electron chi connectivity index (χ0n) is 10.7. The minimum Gasteiger partial charge on any atom is -0.496 e. The number of aliphatic hydroxyl groups is 1. The fourth-order valence-corrected chi connectivity index (χ4v) is 2.61. The van der Waals surface area contributed by atoms with E-state index in [1.165, 1.54) is 6.42 Å². The van der Waals surface area contributed by atoms with Crippen LogP contribution >= 0.6 is 11.6 Å². The summed E-state index contributed by atoms with van der Waals surface area (Å²) in [4.78, 5) is 0. The molecule has 1 aromatic carbocycles. The normalized spacial score (nSPS) is 17.3. The number of nitrogens with one attached hydrogen (secondary N) is 1. The van der Waals surface area contributed by atoms with Gasteiger partial charge in [-0.2, -0.15) is 0 Å². The Morgan fingerprint density at radius 3 is 2.78 bits per heavy atom. The predicted octanol–water partition coefficient (Wildman–Crippen LogP) is 2.60. The smallest absolute Gasteiger partial charge is 0.123 e. The monoisotopic (exact) mass is 269 g/mol. The van der Waals surface area contributed by atoms with Crippen molar-refractivity contribution in [2.24, 2.45) is 5.41 Å². The number of rotatable bonds is 6. The second kappa shape index (κ2) is 5.91. The Bertz CT molecular complexity index is 399. The Labute approximate surface area is 113 Å². The molecule has 0 spiro atoms. The fourth-order valence-electron chi connectivity index (χ4n) is 2.42. The lowest BCUT2D eigenvalue weighted by Gasteiger charge is -2.40. The van der Waals surface area contributed by atoms with Crippen LogP contribution in [0.2, 0.25) is 5.02 Å². The van der Waals surface area contributed by atoms with Gasteiger partial charge in [0.15, 0.2) is 0 Å². The highest BCUT2D eigenvalue weighted by Crippen LogP contribution is 2.39. The summed E-state index contributed by atoms with van der Waals surface area (Å²) in [7, 11) is 1.66. The zero-order chi connectivity index (χ0) is 13.0. The first kappa shape index (κ1) is 13.7. The molecule has 0 atom stereocenters. The molecule has 0 aromatic heterocycles. The van der Waals surface area contributed by atoms with E-state index in [4.69, 9.17) is 16.3 Å².